The molecule has 1 aliphatic rings. The highest BCUT2D eigenvalue weighted by Crippen LogP contribution is 2.20. The number of rotatable bonds is 12. The number of hydrogen-bond donors (Lipinski definition) is 4. The fourth-order valence-corrected chi connectivity index (χ4v) is 4.13. The van der Waals surface area contributed by atoms with Crippen molar-refractivity contribution < 1.29 is 24.3 Å². The number of methoxy groups -OCH3 is 1. The van der Waals surface area contributed by atoms with Gasteiger partial charge in [0.25, 0.3) is 5.91 Å². The first-order valence-electron chi connectivity index (χ1n) is 12.9. The van der Waals surface area contributed by atoms with Crippen molar-refractivity contribution in [1.82, 2.24) is 26.1 Å². The van der Waals surface area contributed by atoms with E-state index in [4.69, 9.17) is 14.7 Å². The summed E-state index contributed by atoms with van der Waals surface area (Å²) >= 11 is 0. The molecule has 1 aliphatic heterocycles. The second-order valence-corrected chi connectivity index (χ2v) is 10.5. The highest BCUT2D eigenvalue weighted by molar-refractivity contribution is 5.92. The van der Waals surface area contributed by atoms with Crippen molar-refractivity contribution in [1.29, 1.82) is 0 Å². The van der Waals surface area contributed by atoms with Gasteiger partial charge in [-0.25, -0.2) is 15.4 Å². The second kappa shape index (κ2) is 14.1. The van der Waals surface area contributed by atoms with Crippen LogP contribution in [0.3, 0.4) is 0 Å². The van der Waals surface area contributed by atoms with E-state index in [-0.39, 0.29) is 23.7 Å². The van der Waals surface area contributed by atoms with Crippen LogP contribution < -0.4 is 21.0 Å². The first-order valence-corrected chi connectivity index (χ1v) is 12.9. The first-order chi connectivity index (χ1) is 18.2. The summed E-state index contributed by atoms with van der Waals surface area (Å²) in [5.41, 5.74) is 3.75. The van der Waals surface area contributed by atoms with E-state index in [2.05, 4.69) is 49.8 Å². The van der Waals surface area contributed by atoms with Gasteiger partial charge in [-0.05, 0) is 57.2 Å². The summed E-state index contributed by atoms with van der Waals surface area (Å²) in [6.45, 7) is 10.1. The maximum atomic E-state index is 12.1. The smallest absolute Gasteiger partial charge is 0.325 e. The average molecular weight is 529 g/mol. The maximum absolute atomic E-state index is 12.1. The molecule has 208 valence electrons. The van der Waals surface area contributed by atoms with Crippen LogP contribution >= 0.6 is 0 Å². The van der Waals surface area contributed by atoms with Crippen LogP contribution in [0.15, 0.2) is 36.7 Å². The Morgan fingerprint density at radius 2 is 1.68 bits per heavy atom. The van der Waals surface area contributed by atoms with Crippen LogP contribution in [0.4, 0.5) is 5.95 Å². The number of nitrogens with zero attached hydrogens (tertiary/aromatic N) is 3. The maximum Gasteiger partial charge on any atom is 0.325 e. The van der Waals surface area contributed by atoms with Crippen LogP contribution in [0.2, 0.25) is 0 Å². The summed E-state index contributed by atoms with van der Waals surface area (Å²) in [5.74, 6) is 0.208. The molecule has 0 bridgehead atoms. The Hall–Kier alpha value is -3.12. The minimum absolute atomic E-state index is 0.218. The zero-order valence-electron chi connectivity index (χ0n) is 22.7. The molecule has 11 nitrogen and oxygen atoms in total. The fraction of sp³-hybridized carbons (Fsp3) is 0.556. The number of carbonyl (C=O) groups excluding carboxylic acids is 2. The largest absolute Gasteiger partial charge is 0.468 e. The van der Waals surface area contributed by atoms with Gasteiger partial charge in [0.05, 0.1) is 24.9 Å². The number of anilines is 1. The van der Waals surface area contributed by atoms with E-state index in [0.717, 1.165) is 44.6 Å². The molecule has 1 saturated heterocycles. The summed E-state index contributed by atoms with van der Waals surface area (Å²) in [6.07, 6.45) is 4.89. The van der Waals surface area contributed by atoms with Crippen molar-refractivity contribution in [3.05, 3.63) is 53.3 Å². The number of esters is 1. The van der Waals surface area contributed by atoms with E-state index in [1.54, 1.807) is 5.48 Å². The van der Waals surface area contributed by atoms with Gasteiger partial charge in [0.15, 0.2) is 0 Å². The number of amides is 1. The Balaban J connectivity index is 1.37. The molecule has 0 saturated carbocycles. The van der Waals surface area contributed by atoms with Crippen molar-refractivity contribution in [3.63, 3.8) is 0 Å². The fourth-order valence-electron chi connectivity index (χ4n) is 4.13. The van der Waals surface area contributed by atoms with Gasteiger partial charge in [-0.15, -0.1) is 0 Å². The number of piperidine rings is 1. The van der Waals surface area contributed by atoms with Gasteiger partial charge >= 0.3 is 5.97 Å². The number of hydrogen-bond acceptors (Lipinski definition) is 10. The Labute approximate surface area is 224 Å². The van der Waals surface area contributed by atoms with E-state index < -0.39 is 11.9 Å². The molecule has 0 radical (unpaired) electrons. The molecule has 3 rings (SSSR count). The van der Waals surface area contributed by atoms with Crippen molar-refractivity contribution in [2.24, 2.45) is 5.92 Å². The Morgan fingerprint density at radius 3 is 2.24 bits per heavy atom. The molecule has 1 fully saturated rings. The third-order valence-corrected chi connectivity index (χ3v) is 6.41. The molecule has 0 spiro atoms. The van der Waals surface area contributed by atoms with Crippen LogP contribution in [0, 0.1) is 5.92 Å². The number of nitrogens with one attached hydrogen (secondary N) is 3. The normalized spacial score (nSPS) is 15.2. The molecule has 1 aromatic carbocycles. The van der Waals surface area contributed by atoms with Crippen LogP contribution in [-0.2, 0) is 27.4 Å². The lowest BCUT2D eigenvalue weighted by atomic mass is 9.97. The third kappa shape index (κ3) is 9.32. The number of hydroxylamine groups is 1. The highest BCUT2D eigenvalue weighted by atomic mass is 16.5. The zero-order valence-corrected chi connectivity index (χ0v) is 22.7. The molecule has 1 aromatic heterocycles. The lowest BCUT2D eigenvalue weighted by Crippen LogP contribution is -2.42. The second-order valence-electron chi connectivity index (χ2n) is 10.5. The third-order valence-electron chi connectivity index (χ3n) is 6.41. The Kier molecular flexibility index (Phi) is 11.0. The van der Waals surface area contributed by atoms with Crippen molar-refractivity contribution in [3.8, 4) is 0 Å². The van der Waals surface area contributed by atoms with E-state index in [0.29, 0.717) is 18.4 Å². The summed E-state index contributed by atoms with van der Waals surface area (Å²) in [5, 5.41) is 15.5. The number of aromatic nitrogens is 2. The number of carbonyl (C=O) groups is 2. The van der Waals surface area contributed by atoms with Crippen molar-refractivity contribution >= 4 is 17.8 Å². The van der Waals surface area contributed by atoms with E-state index in [9.17, 15) is 9.59 Å². The van der Waals surface area contributed by atoms with Crippen molar-refractivity contribution in [2.45, 2.75) is 58.3 Å². The van der Waals surface area contributed by atoms with Crippen LogP contribution in [0.5, 0.6) is 0 Å². The molecular weight excluding hydrogens is 488 g/mol. The van der Waals surface area contributed by atoms with Gasteiger partial charge in [-0.1, -0.05) is 24.3 Å². The summed E-state index contributed by atoms with van der Waals surface area (Å²) in [4.78, 5) is 34.1. The minimum Gasteiger partial charge on any atom is -0.468 e. The van der Waals surface area contributed by atoms with Crippen LogP contribution in [0.1, 0.15) is 55.1 Å². The van der Waals surface area contributed by atoms with Gasteiger partial charge < -0.3 is 19.7 Å². The minimum atomic E-state index is -0.624. The molecule has 11 heteroatoms. The van der Waals surface area contributed by atoms with Gasteiger partial charge in [-0.3, -0.25) is 20.1 Å². The molecule has 38 heavy (non-hydrogen) atoms. The molecule has 0 unspecified atom stereocenters. The summed E-state index contributed by atoms with van der Waals surface area (Å²) in [7, 11) is 1.38. The topological polar surface area (TPSA) is 138 Å². The average Bonchev–Trinajstić information content (AvgIpc) is 2.93. The molecular formula is C27H40N6O5. The standard InChI is InChI=1S/C27H40N6O5/c1-27(2,3)38-18-23(25(35)37-4)29-15-20-7-5-19(6-8-20)13-28-14-21-9-11-33(12-10-21)26-30-16-22(17-31-26)24(34)32-36/h5-8,16-17,21,23,28-29,36H,9-15,18H2,1-4H3,(H,32,34)/t23-/m0/s1. The molecule has 2 aromatic rings. The SMILES string of the molecule is COC(=O)[C@H](COC(C)(C)C)NCc1ccc(CNCC2CCN(c3ncc(C(=O)NO)cn3)CC2)cc1. The lowest BCUT2D eigenvalue weighted by Gasteiger charge is -2.32. The molecule has 1 amide bonds. The Bertz CT molecular complexity index is 1020. The lowest BCUT2D eigenvalue weighted by molar-refractivity contribution is -0.146. The van der Waals surface area contributed by atoms with Gasteiger partial charge in [-0.2, -0.15) is 0 Å². The van der Waals surface area contributed by atoms with E-state index >= 15 is 0 Å². The first kappa shape index (κ1) is 29.4. The summed E-state index contributed by atoms with van der Waals surface area (Å²) in [6, 6.07) is 7.81. The monoisotopic (exact) mass is 528 g/mol. The van der Waals surface area contributed by atoms with Gasteiger partial charge in [0.1, 0.15) is 6.04 Å². The van der Waals surface area contributed by atoms with Gasteiger partial charge in [0.2, 0.25) is 5.95 Å². The van der Waals surface area contributed by atoms with Gasteiger partial charge in [0, 0.05) is 38.6 Å². The predicted molar refractivity (Wildman–Crippen MR) is 143 cm³/mol. The molecule has 2 heterocycles. The predicted octanol–water partition coefficient (Wildman–Crippen LogP) is 2.05. The number of benzene rings is 1. The number of ether oxygens (including phenoxy) is 2. The highest BCUT2D eigenvalue weighted by Gasteiger charge is 2.23. The molecule has 1 atom stereocenters. The van der Waals surface area contributed by atoms with E-state index in [1.807, 2.05) is 20.8 Å². The summed E-state index contributed by atoms with van der Waals surface area (Å²) < 4.78 is 10.7. The van der Waals surface area contributed by atoms with E-state index in [1.165, 1.54) is 25.1 Å². The van der Waals surface area contributed by atoms with Crippen LogP contribution in [-0.4, -0.2) is 72.0 Å². The van der Waals surface area contributed by atoms with Crippen molar-refractivity contribution in [2.75, 3.05) is 38.3 Å². The quantitative estimate of drug-likeness (QED) is 0.184. The molecule has 0 aliphatic carbocycles. The Morgan fingerprint density at radius 1 is 1.08 bits per heavy atom. The zero-order chi connectivity index (χ0) is 27.5. The molecule has 4 N–H and O–H groups in total. The van der Waals surface area contributed by atoms with Crippen LogP contribution in [0.25, 0.3) is 0 Å².